The van der Waals surface area contributed by atoms with Crippen molar-refractivity contribution in [2.24, 2.45) is 0 Å². The van der Waals surface area contributed by atoms with E-state index in [0.29, 0.717) is 32.4 Å². The first-order valence-electron chi connectivity index (χ1n) is 14.6. The van der Waals surface area contributed by atoms with Crippen LogP contribution in [0, 0.1) is 0 Å². The van der Waals surface area contributed by atoms with Crippen molar-refractivity contribution in [3.05, 3.63) is 70.0 Å². The van der Waals surface area contributed by atoms with Gasteiger partial charge in [-0.25, -0.2) is 9.59 Å². The Hall–Kier alpha value is -4.12. The lowest BCUT2D eigenvalue weighted by atomic mass is 9.98. The average Bonchev–Trinajstić information content (AvgIpc) is 3.50. The van der Waals surface area contributed by atoms with Crippen LogP contribution in [0.5, 0.6) is 0 Å². The van der Waals surface area contributed by atoms with E-state index in [0.717, 1.165) is 26.7 Å². The molecule has 1 aliphatic rings. The van der Waals surface area contributed by atoms with Crippen LogP contribution < -0.4 is 16.3 Å². The maximum atomic E-state index is 14.0. The summed E-state index contributed by atoms with van der Waals surface area (Å²) in [6.45, 7) is 9.31. The molecular weight excluding hydrogens is 566 g/mol. The van der Waals surface area contributed by atoms with Crippen molar-refractivity contribution in [2.45, 2.75) is 77.1 Å². The number of nitrogens with one attached hydrogen (secondary N) is 3. The Bertz CT molecular complexity index is 1700. The first-order chi connectivity index (χ1) is 20.3. The van der Waals surface area contributed by atoms with E-state index in [9.17, 15) is 19.2 Å². The van der Waals surface area contributed by atoms with Crippen LogP contribution in [0.2, 0.25) is 0 Å². The molecule has 1 unspecified atom stereocenters. The summed E-state index contributed by atoms with van der Waals surface area (Å²) in [5.41, 5.74) is 0.406. The van der Waals surface area contributed by atoms with E-state index in [1.165, 1.54) is 0 Å². The number of hydrogen-bond acceptors (Lipinski definition) is 6. The van der Waals surface area contributed by atoms with Gasteiger partial charge in [-0.3, -0.25) is 14.2 Å². The number of alkyl carbamates (subject to hydrolysis) is 1. The molecular formula is C32H39N5O5S. The third-order valence-corrected chi connectivity index (χ3v) is 8.75. The van der Waals surface area contributed by atoms with Crippen LogP contribution in [-0.4, -0.2) is 62.6 Å². The molecule has 0 spiro atoms. The Balaban J connectivity index is 1.34. The van der Waals surface area contributed by atoms with Gasteiger partial charge in [0, 0.05) is 30.3 Å². The van der Waals surface area contributed by atoms with Crippen LogP contribution in [0.3, 0.4) is 0 Å². The molecule has 0 radical (unpaired) electrons. The van der Waals surface area contributed by atoms with Gasteiger partial charge in [0.15, 0.2) is 0 Å². The van der Waals surface area contributed by atoms with Gasteiger partial charge in [0.1, 0.15) is 17.2 Å². The van der Waals surface area contributed by atoms with Crippen molar-refractivity contribution in [3.8, 4) is 0 Å². The number of ether oxygens (including phenoxy) is 1. The molecule has 2 aromatic heterocycles. The smallest absolute Gasteiger partial charge is 0.408 e. The van der Waals surface area contributed by atoms with Crippen molar-refractivity contribution in [1.82, 2.24) is 25.1 Å². The van der Waals surface area contributed by atoms with Crippen molar-refractivity contribution >= 4 is 50.4 Å². The first kappa shape index (κ1) is 30.3. The number of imidazole rings is 1. The third kappa shape index (κ3) is 6.77. The summed E-state index contributed by atoms with van der Waals surface area (Å²) in [7, 11) is 0. The summed E-state index contributed by atoms with van der Waals surface area (Å²) in [4.78, 5) is 57.5. The fourth-order valence-electron chi connectivity index (χ4n) is 5.57. The Morgan fingerprint density at radius 2 is 1.70 bits per heavy atom. The van der Waals surface area contributed by atoms with Crippen molar-refractivity contribution < 1.29 is 19.1 Å². The molecule has 2 aromatic carbocycles. The predicted molar refractivity (Wildman–Crippen MR) is 168 cm³/mol. The van der Waals surface area contributed by atoms with E-state index >= 15 is 0 Å². The van der Waals surface area contributed by atoms with E-state index in [2.05, 4.69) is 15.6 Å². The van der Waals surface area contributed by atoms with Crippen molar-refractivity contribution in [1.29, 1.82) is 0 Å². The molecule has 228 valence electrons. The summed E-state index contributed by atoms with van der Waals surface area (Å²) in [6, 6.07) is 14.7. The number of hydrogen-bond donors (Lipinski definition) is 3. The zero-order valence-electron chi connectivity index (χ0n) is 25.2. The van der Waals surface area contributed by atoms with E-state index in [4.69, 9.17) is 4.74 Å². The molecule has 0 bridgehead atoms. The van der Waals surface area contributed by atoms with Gasteiger partial charge in [0.05, 0.1) is 11.0 Å². The molecule has 4 aromatic rings. The van der Waals surface area contributed by atoms with Gasteiger partial charge in [-0.15, -0.1) is 11.3 Å². The topological polar surface area (TPSA) is 126 Å². The van der Waals surface area contributed by atoms with Crippen LogP contribution in [0.1, 0.15) is 59.1 Å². The van der Waals surface area contributed by atoms with Crippen LogP contribution in [0.15, 0.2) is 58.7 Å². The highest BCUT2D eigenvalue weighted by molar-refractivity contribution is 7.17. The lowest BCUT2D eigenvalue weighted by Crippen LogP contribution is -2.60. The highest BCUT2D eigenvalue weighted by Crippen LogP contribution is 2.29. The molecule has 1 aliphatic heterocycles. The summed E-state index contributed by atoms with van der Waals surface area (Å²) in [6.07, 6.45) is 0.815. The van der Waals surface area contributed by atoms with Gasteiger partial charge in [-0.05, 0) is 82.0 Å². The second-order valence-electron chi connectivity index (χ2n) is 12.6. The minimum Gasteiger partial charge on any atom is -0.444 e. The molecule has 3 amide bonds. The average molecular weight is 606 g/mol. The number of aromatic amines is 1. The van der Waals surface area contributed by atoms with Crippen LogP contribution in [-0.2, 0) is 20.7 Å². The highest BCUT2D eigenvalue weighted by atomic mass is 32.1. The number of para-hydroxylation sites is 2. The molecule has 0 aliphatic carbocycles. The fourth-order valence-corrected chi connectivity index (χ4v) is 6.54. The SMILES string of the molecule is CC(C)(C)OC(=O)NC(C)(C)C(=O)NC(Cc1csc2ccccc12)C(=O)N1CCC(n2c(=O)[nH]c3ccccc32)CC1. The van der Waals surface area contributed by atoms with Crippen LogP contribution in [0.4, 0.5) is 4.79 Å². The summed E-state index contributed by atoms with van der Waals surface area (Å²) >= 11 is 1.60. The minimum absolute atomic E-state index is 0.0430. The van der Waals surface area contributed by atoms with Gasteiger partial charge in [-0.2, -0.15) is 0 Å². The quantitative estimate of drug-likeness (QED) is 0.281. The van der Waals surface area contributed by atoms with Crippen molar-refractivity contribution in [3.63, 3.8) is 0 Å². The molecule has 1 fully saturated rings. The zero-order chi connectivity index (χ0) is 30.9. The molecule has 3 heterocycles. The molecule has 3 N–H and O–H groups in total. The number of likely N-dealkylation sites (tertiary alicyclic amines) is 1. The number of fused-ring (bicyclic) bond motifs is 2. The number of amides is 3. The Labute approximate surface area is 254 Å². The largest absolute Gasteiger partial charge is 0.444 e. The van der Waals surface area contributed by atoms with Gasteiger partial charge < -0.3 is 25.3 Å². The Morgan fingerprint density at radius 1 is 1.02 bits per heavy atom. The number of piperidine rings is 1. The van der Waals surface area contributed by atoms with Gasteiger partial charge in [0.2, 0.25) is 11.8 Å². The maximum Gasteiger partial charge on any atom is 0.408 e. The molecule has 1 atom stereocenters. The number of carbonyl (C=O) groups excluding carboxylic acids is 3. The monoisotopic (exact) mass is 605 g/mol. The summed E-state index contributed by atoms with van der Waals surface area (Å²) < 4.78 is 8.24. The molecule has 11 heteroatoms. The molecule has 1 saturated heterocycles. The molecule has 0 saturated carbocycles. The predicted octanol–water partition coefficient (Wildman–Crippen LogP) is 4.74. The number of thiophene rings is 1. The van der Waals surface area contributed by atoms with Crippen molar-refractivity contribution in [2.75, 3.05) is 13.1 Å². The first-order valence-corrected chi connectivity index (χ1v) is 15.5. The number of carbonyl (C=O) groups is 3. The lowest BCUT2D eigenvalue weighted by Gasteiger charge is -2.36. The normalized spacial score (nSPS) is 15.4. The van der Waals surface area contributed by atoms with Crippen LogP contribution >= 0.6 is 11.3 Å². The van der Waals surface area contributed by atoms with E-state index in [-0.39, 0.29) is 17.6 Å². The number of H-pyrrole nitrogens is 1. The van der Waals surface area contributed by atoms with E-state index < -0.39 is 29.2 Å². The lowest BCUT2D eigenvalue weighted by molar-refractivity contribution is -0.138. The number of nitrogens with zero attached hydrogens (tertiary/aromatic N) is 2. The minimum atomic E-state index is -1.33. The molecule has 5 rings (SSSR count). The highest BCUT2D eigenvalue weighted by Gasteiger charge is 2.37. The Kier molecular flexibility index (Phi) is 8.38. The fraction of sp³-hybridized carbons (Fsp3) is 0.438. The second-order valence-corrected chi connectivity index (χ2v) is 13.5. The van der Waals surface area contributed by atoms with Gasteiger partial charge in [-0.1, -0.05) is 30.3 Å². The number of benzene rings is 2. The van der Waals surface area contributed by atoms with Gasteiger partial charge in [0.25, 0.3) is 0 Å². The summed E-state index contributed by atoms with van der Waals surface area (Å²) in [5.74, 6) is -0.683. The Morgan fingerprint density at radius 3 is 2.42 bits per heavy atom. The number of aromatic nitrogens is 2. The zero-order valence-corrected chi connectivity index (χ0v) is 26.0. The standard InChI is InChI=1S/C32H39N5O5S/c1-31(2,3)42-30(41)35-32(4,5)28(39)33-24(18-20-19-43-26-13-9-6-10-22(20)26)27(38)36-16-14-21(15-17-36)37-25-12-8-7-11-23(25)34-29(37)40/h6-13,19,21,24H,14-18H2,1-5H3,(H,33,39)(H,34,40)(H,35,41). The molecule has 43 heavy (non-hydrogen) atoms. The van der Waals surface area contributed by atoms with E-state index in [1.54, 1.807) is 55.4 Å². The third-order valence-electron chi connectivity index (χ3n) is 7.74. The second kappa shape index (κ2) is 11.9. The molecule has 10 nitrogen and oxygen atoms in total. The maximum absolute atomic E-state index is 14.0. The van der Waals surface area contributed by atoms with E-state index in [1.807, 2.05) is 53.9 Å². The number of rotatable bonds is 7. The summed E-state index contributed by atoms with van der Waals surface area (Å²) in [5, 5.41) is 8.65. The van der Waals surface area contributed by atoms with Crippen LogP contribution in [0.25, 0.3) is 21.1 Å². The van der Waals surface area contributed by atoms with Gasteiger partial charge >= 0.3 is 11.8 Å².